The largest absolute Gasteiger partial charge is 0.479 e. The summed E-state index contributed by atoms with van der Waals surface area (Å²) in [6.45, 7) is 2.52. The van der Waals surface area contributed by atoms with Crippen LogP contribution >= 0.6 is 0 Å². The van der Waals surface area contributed by atoms with E-state index in [-0.39, 0.29) is 0 Å². The van der Waals surface area contributed by atoms with Crippen LogP contribution in [0.25, 0.3) is 0 Å². The van der Waals surface area contributed by atoms with Gasteiger partial charge in [0.2, 0.25) is 0 Å². The fourth-order valence-corrected chi connectivity index (χ4v) is 4.72. The third kappa shape index (κ3) is 6.54. The molecule has 0 aromatic rings. The Morgan fingerprint density at radius 2 is 1.22 bits per heavy atom. The zero-order chi connectivity index (χ0) is 28.0. The highest BCUT2D eigenvalue weighted by atomic mass is 32.3. The van der Waals surface area contributed by atoms with Gasteiger partial charge in [-0.15, -0.1) is 0 Å². The third-order valence-electron chi connectivity index (χ3n) is 6.18. The Morgan fingerprint density at radius 1 is 0.676 bits per heavy atom. The van der Waals surface area contributed by atoms with Crippen molar-refractivity contribution in [2.45, 2.75) is 106 Å². The molecule has 0 radical (unpaired) electrons. The van der Waals surface area contributed by atoms with Crippen molar-refractivity contribution in [1.29, 1.82) is 0 Å². The minimum atomic E-state index is -5.05. The van der Waals surface area contributed by atoms with Crippen molar-refractivity contribution in [2.75, 3.05) is 0 Å². The number of hydrogen-bond donors (Lipinski definition) is 9. The molecular weight excluding hydrogens is 536 g/mol. The molecule has 0 amide bonds. The van der Waals surface area contributed by atoms with Gasteiger partial charge in [0.05, 0.1) is 12.2 Å². The van der Waals surface area contributed by atoms with E-state index >= 15 is 0 Å². The second-order valence-electron chi connectivity index (χ2n) is 8.84. The van der Waals surface area contributed by atoms with E-state index in [9.17, 15) is 54.1 Å². The van der Waals surface area contributed by atoms with Crippen molar-refractivity contribution in [3.63, 3.8) is 0 Å². The Morgan fingerprint density at radius 3 is 1.78 bits per heavy atom. The van der Waals surface area contributed by atoms with Gasteiger partial charge < -0.3 is 64.5 Å². The van der Waals surface area contributed by atoms with Gasteiger partial charge in [-0.05, 0) is 13.8 Å². The maximum absolute atomic E-state index is 11.3. The zero-order valence-corrected chi connectivity index (χ0v) is 20.1. The van der Waals surface area contributed by atoms with Crippen molar-refractivity contribution >= 4 is 16.4 Å². The molecule has 37 heavy (non-hydrogen) atoms. The number of hydrogen-bond acceptors (Lipinski definition) is 16. The Labute approximate surface area is 209 Å². The number of rotatable bonds is 7. The summed E-state index contributed by atoms with van der Waals surface area (Å²) in [7, 11) is -5.05. The number of carboxylic acids is 1. The summed E-state index contributed by atoms with van der Waals surface area (Å²) in [6, 6.07) is 0. The van der Waals surface area contributed by atoms with Gasteiger partial charge in [-0.3, -0.25) is 4.55 Å². The Kier molecular flexibility index (Phi) is 9.48. The predicted molar refractivity (Wildman–Crippen MR) is 109 cm³/mol. The number of ether oxygens (including phenoxy) is 5. The van der Waals surface area contributed by atoms with E-state index in [0.29, 0.717) is 0 Å². The molecule has 9 N–H and O–H groups in total. The highest BCUT2D eigenvalue weighted by Crippen LogP contribution is 2.33. The first-order chi connectivity index (χ1) is 17.0. The maximum atomic E-state index is 11.3. The van der Waals surface area contributed by atoms with Crippen LogP contribution in [-0.2, 0) is 43.1 Å². The van der Waals surface area contributed by atoms with Gasteiger partial charge in [0.25, 0.3) is 0 Å². The van der Waals surface area contributed by atoms with Gasteiger partial charge in [-0.25, -0.2) is 8.98 Å². The second kappa shape index (κ2) is 11.5. The van der Waals surface area contributed by atoms with Crippen LogP contribution in [0.2, 0.25) is 0 Å². The number of aliphatic carboxylic acids is 1. The van der Waals surface area contributed by atoms with Gasteiger partial charge >= 0.3 is 16.4 Å². The molecule has 3 rings (SSSR count). The van der Waals surface area contributed by atoms with Crippen LogP contribution in [-0.4, -0.2) is 152 Å². The lowest BCUT2D eigenvalue weighted by Gasteiger charge is -2.47. The minimum Gasteiger partial charge on any atom is -0.479 e. The van der Waals surface area contributed by atoms with Crippen molar-refractivity contribution in [3.8, 4) is 0 Å². The summed E-state index contributed by atoms with van der Waals surface area (Å²) >= 11 is 0. The molecule has 3 fully saturated rings. The van der Waals surface area contributed by atoms with Crippen LogP contribution in [0.15, 0.2) is 0 Å². The molecule has 3 saturated heterocycles. The summed E-state index contributed by atoms with van der Waals surface area (Å²) in [5.41, 5.74) is 0. The summed E-state index contributed by atoms with van der Waals surface area (Å²) in [6.07, 6.45) is -27.3. The number of carbonyl (C=O) groups is 1. The highest BCUT2D eigenvalue weighted by molar-refractivity contribution is 7.80. The molecule has 216 valence electrons. The standard InChI is InChI=1S/C18H30O18S/c1-3-5(19)12(33-17-10(24)8(22)11(4(2)32-17)36-37(28,29)30)14(16(27)31-3)35-18-9(23)6(20)7(21)13(34-18)15(25)26/h3-14,16-24,27H,1-2H3,(H,25,26)(H,28,29,30)/t3-,4-,5-,6-,7-,8-,9+,10-,11-,12?,13-,14-,16-,17+,18-/m0/s1. The molecule has 0 spiro atoms. The monoisotopic (exact) mass is 566 g/mol. The van der Waals surface area contributed by atoms with Gasteiger partial charge in [0, 0.05) is 0 Å². The van der Waals surface area contributed by atoms with Crippen molar-refractivity contribution < 1.29 is 86.5 Å². The average molecular weight is 566 g/mol. The van der Waals surface area contributed by atoms with E-state index in [2.05, 4.69) is 4.18 Å². The molecule has 0 aromatic heterocycles. The molecule has 19 heteroatoms. The highest BCUT2D eigenvalue weighted by Gasteiger charge is 2.54. The smallest absolute Gasteiger partial charge is 0.397 e. The molecular formula is C18H30O18S. The lowest BCUT2D eigenvalue weighted by molar-refractivity contribution is -0.381. The van der Waals surface area contributed by atoms with Gasteiger partial charge in [0.1, 0.15) is 54.9 Å². The van der Waals surface area contributed by atoms with E-state index < -0.39 is 108 Å². The second-order valence-corrected chi connectivity index (χ2v) is 9.89. The maximum Gasteiger partial charge on any atom is 0.397 e. The quantitative estimate of drug-likeness (QED) is 0.130. The molecule has 0 aromatic carbocycles. The van der Waals surface area contributed by atoms with E-state index in [1.54, 1.807) is 0 Å². The Bertz CT molecular complexity index is 901. The Balaban J connectivity index is 1.81. The number of aliphatic hydroxyl groups is 7. The summed E-state index contributed by atoms with van der Waals surface area (Å²) in [5.74, 6) is -1.71. The SMILES string of the molecule is C[C@@H]1O[C@H](OC2[C@@H](O)[C@H](C)O[C@H](O)[C@H]2O[C@@H]2O[C@H](C(=O)O)[C@@H](O)[C@H](O)[C@H]2O)[C@@H](O)[C@H](O)[C@H]1OS(=O)(=O)O. The molecule has 18 nitrogen and oxygen atoms in total. The Hall–Kier alpha value is -1.14. The van der Waals surface area contributed by atoms with Crippen LogP contribution in [0.1, 0.15) is 13.8 Å². The number of aliphatic hydroxyl groups excluding tert-OH is 7. The first-order valence-corrected chi connectivity index (χ1v) is 12.3. The normalized spacial score (nSPS) is 49.5. The molecule has 3 heterocycles. The fraction of sp³-hybridized carbons (Fsp3) is 0.944. The number of carboxylic acid groups (broad SMARTS) is 1. The molecule has 0 saturated carbocycles. The van der Waals surface area contributed by atoms with E-state index in [1.165, 1.54) is 13.8 Å². The fourth-order valence-electron chi connectivity index (χ4n) is 4.17. The van der Waals surface area contributed by atoms with Crippen molar-refractivity contribution in [2.24, 2.45) is 0 Å². The van der Waals surface area contributed by atoms with E-state index in [0.717, 1.165) is 0 Å². The minimum absolute atomic E-state index is 1.13. The zero-order valence-electron chi connectivity index (χ0n) is 19.3. The van der Waals surface area contributed by atoms with E-state index in [4.69, 9.17) is 28.2 Å². The first kappa shape index (κ1) is 30.4. The lowest BCUT2D eigenvalue weighted by Crippen LogP contribution is -2.66. The van der Waals surface area contributed by atoms with E-state index in [1.807, 2.05) is 0 Å². The van der Waals surface area contributed by atoms with Crippen LogP contribution in [0, 0.1) is 0 Å². The lowest BCUT2D eigenvalue weighted by atomic mass is 9.96. The molecule has 0 aliphatic carbocycles. The van der Waals surface area contributed by atoms with Gasteiger partial charge in [0.15, 0.2) is 25.0 Å². The van der Waals surface area contributed by atoms with Crippen LogP contribution < -0.4 is 0 Å². The molecule has 15 atom stereocenters. The summed E-state index contributed by atoms with van der Waals surface area (Å²) < 4.78 is 61.7. The molecule has 1 unspecified atom stereocenters. The molecule has 3 aliphatic rings. The van der Waals surface area contributed by atoms with Crippen LogP contribution in [0.3, 0.4) is 0 Å². The third-order valence-corrected chi connectivity index (χ3v) is 6.65. The average Bonchev–Trinajstić information content (AvgIpc) is 2.79. The van der Waals surface area contributed by atoms with Gasteiger partial charge in [-0.2, -0.15) is 8.42 Å². The van der Waals surface area contributed by atoms with Crippen LogP contribution in [0.4, 0.5) is 0 Å². The van der Waals surface area contributed by atoms with Crippen LogP contribution in [0.5, 0.6) is 0 Å². The topological polar surface area (TPSA) is 289 Å². The summed E-state index contributed by atoms with van der Waals surface area (Å²) in [4.78, 5) is 11.3. The van der Waals surface area contributed by atoms with Gasteiger partial charge in [-0.1, -0.05) is 0 Å². The van der Waals surface area contributed by atoms with Crippen molar-refractivity contribution in [3.05, 3.63) is 0 Å². The summed E-state index contributed by atoms with van der Waals surface area (Å²) in [5, 5.41) is 81.0. The van der Waals surface area contributed by atoms with Crippen molar-refractivity contribution in [1.82, 2.24) is 0 Å². The predicted octanol–water partition coefficient (Wildman–Crippen LogP) is -5.60. The molecule has 3 aliphatic heterocycles. The molecule has 0 bridgehead atoms. The first-order valence-electron chi connectivity index (χ1n) is 11.0.